The quantitative estimate of drug-likeness (QED) is 0.193. The second-order valence-electron chi connectivity index (χ2n) is 14.7. The Morgan fingerprint density at radius 3 is 2.15 bits per heavy atom. The van der Waals surface area contributed by atoms with Crippen molar-refractivity contribution in [2.24, 2.45) is 23.7 Å². The minimum absolute atomic E-state index is 0.132. The zero-order chi connectivity index (χ0) is 33.1. The number of carbonyl (C=O) groups is 5. The molecule has 3 atom stereocenters. The Balaban J connectivity index is 1.17. The van der Waals surface area contributed by atoms with Crippen molar-refractivity contribution in [1.82, 2.24) is 26.2 Å². The summed E-state index contributed by atoms with van der Waals surface area (Å²) in [5, 5.41) is 11.8. The number of carbonyl (C=O) groups excluding carboxylic acids is 5. The van der Waals surface area contributed by atoms with E-state index in [-0.39, 0.29) is 36.4 Å². The maximum atomic E-state index is 14.5. The molecular formula is C37H49N5O5. The summed E-state index contributed by atoms with van der Waals surface area (Å²) < 4.78 is 0. The van der Waals surface area contributed by atoms with Crippen molar-refractivity contribution in [1.29, 1.82) is 0 Å². The smallest absolute Gasteiger partial charge is 0.315 e. The molecule has 6 aliphatic rings. The predicted octanol–water partition coefficient (Wildman–Crippen LogP) is 3.35. The molecule has 1 aromatic rings. The van der Waals surface area contributed by atoms with Crippen LogP contribution < -0.4 is 21.3 Å². The molecule has 4 saturated carbocycles. The molecule has 4 N–H and O–H groups in total. The molecule has 252 valence electrons. The lowest BCUT2D eigenvalue weighted by Crippen LogP contribution is -2.64. The van der Waals surface area contributed by atoms with Crippen LogP contribution in [0.15, 0.2) is 49.6 Å². The fourth-order valence-electron chi connectivity index (χ4n) is 9.60. The van der Waals surface area contributed by atoms with Gasteiger partial charge in [0.1, 0.15) is 12.1 Å². The van der Waals surface area contributed by atoms with E-state index in [2.05, 4.69) is 46.6 Å². The number of Topliss-reactive ketones (excluding diaryl/α,β-unsaturated/α-hetero) is 1. The zero-order valence-electron chi connectivity index (χ0n) is 27.3. The number of likely N-dealkylation sites (tertiary alicyclic amines) is 1. The molecule has 0 radical (unpaired) electrons. The van der Waals surface area contributed by atoms with Gasteiger partial charge in [-0.1, -0.05) is 36.4 Å². The lowest BCUT2D eigenvalue weighted by Gasteiger charge is -2.56. The Morgan fingerprint density at radius 2 is 1.55 bits per heavy atom. The van der Waals surface area contributed by atoms with Crippen LogP contribution in [0.1, 0.15) is 75.3 Å². The molecule has 1 unspecified atom stereocenters. The number of nitrogens with one attached hydrogen (secondary N) is 4. The van der Waals surface area contributed by atoms with Crippen LogP contribution in [-0.2, 0) is 32.0 Å². The summed E-state index contributed by atoms with van der Waals surface area (Å²) in [5.41, 5.74) is 2.15. The van der Waals surface area contributed by atoms with Crippen LogP contribution in [0.5, 0.6) is 0 Å². The van der Waals surface area contributed by atoms with Gasteiger partial charge in [-0.2, -0.15) is 0 Å². The van der Waals surface area contributed by atoms with Gasteiger partial charge in [0.05, 0.1) is 6.04 Å². The lowest BCUT2D eigenvalue weighted by atomic mass is 9.53. The predicted molar refractivity (Wildman–Crippen MR) is 178 cm³/mol. The molecule has 10 heteroatoms. The van der Waals surface area contributed by atoms with E-state index >= 15 is 0 Å². The zero-order valence-corrected chi connectivity index (χ0v) is 27.3. The molecule has 7 rings (SSSR count). The van der Waals surface area contributed by atoms with Crippen LogP contribution in [0.4, 0.5) is 4.79 Å². The second kappa shape index (κ2) is 14.0. The summed E-state index contributed by atoms with van der Waals surface area (Å²) in [6.07, 6.45) is 12.9. The summed E-state index contributed by atoms with van der Waals surface area (Å²) in [7, 11) is 0. The molecule has 10 nitrogen and oxygen atoms in total. The molecular weight excluding hydrogens is 594 g/mol. The van der Waals surface area contributed by atoms with Gasteiger partial charge < -0.3 is 26.2 Å². The van der Waals surface area contributed by atoms with Crippen LogP contribution >= 0.6 is 0 Å². The van der Waals surface area contributed by atoms with Crippen molar-refractivity contribution < 1.29 is 24.0 Å². The molecule has 1 aromatic carbocycles. The van der Waals surface area contributed by atoms with E-state index in [4.69, 9.17) is 0 Å². The average molecular weight is 644 g/mol. The van der Waals surface area contributed by atoms with E-state index < -0.39 is 35.7 Å². The van der Waals surface area contributed by atoms with Gasteiger partial charge in [0.25, 0.3) is 5.91 Å². The molecule has 5 aliphatic carbocycles. The van der Waals surface area contributed by atoms with Gasteiger partial charge in [-0.25, -0.2) is 4.79 Å². The molecule has 1 saturated heterocycles. The van der Waals surface area contributed by atoms with Crippen molar-refractivity contribution >= 4 is 29.5 Å². The van der Waals surface area contributed by atoms with E-state index in [9.17, 15) is 24.0 Å². The highest BCUT2D eigenvalue weighted by Gasteiger charge is 2.52. The standard InChI is InChI=1S/C37H49N5O5/c1-3-5-11-29(32(43)34(45)38-13-4-2)39-33(44)30-12-8-14-42(30)35(46)31(28-18-26-9-6-7-10-27(26)19-28)40-36(47)41-37-20-23-15-24(21-37)17-25(16-23)22-37/h3-4,6-7,9-10,23-25,28-31H,1-2,5,8,11-22H2,(H,38,45)(H,39,44)(H2,40,41,47)/t23?,24?,25?,29?,30-,31-,37?/m0/s1. The number of nitrogens with zero attached hydrogens (tertiary/aromatic N) is 1. The fourth-order valence-corrected chi connectivity index (χ4v) is 9.60. The maximum absolute atomic E-state index is 14.5. The van der Waals surface area contributed by atoms with Crippen LogP contribution in [0.2, 0.25) is 0 Å². The van der Waals surface area contributed by atoms with E-state index in [1.54, 1.807) is 11.0 Å². The first-order valence-corrected chi connectivity index (χ1v) is 17.5. The summed E-state index contributed by atoms with van der Waals surface area (Å²) >= 11 is 0. The van der Waals surface area contributed by atoms with Gasteiger partial charge in [-0.05, 0) is 112 Å². The highest BCUT2D eigenvalue weighted by atomic mass is 16.2. The summed E-state index contributed by atoms with van der Waals surface area (Å²) in [6, 6.07) is 5.16. The Kier molecular flexibility index (Phi) is 9.85. The first kappa shape index (κ1) is 33.0. The largest absolute Gasteiger partial charge is 0.346 e. The first-order valence-electron chi connectivity index (χ1n) is 17.5. The van der Waals surface area contributed by atoms with Crippen molar-refractivity contribution in [3.05, 3.63) is 60.7 Å². The summed E-state index contributed by atoms with van der Waals surface area (Å²) in [5.74, 6) is -0.439. The molecule has 47 heavy (non-hydrogen) atoms. The van der Waals surface area contributed by atoms with E-state index in [0.717, 1.165) is 19.3 Å². The first-order chi connectivity index (χ1) is 22.7. The monoisotopic (exact) mass is 643 g/mol. The molecule has 1 heterocycles. The van der Waals surface area contributed by atoms with E-state index in [1.807, 2.05) is 12.1 Å². The number of fused-ring (bicyclic) bond motifs is 1. The van der Waals surface area contributed by atoms with Crippen LogP contribution in [0, 0.1) is 23.7 Å². The van der Waals surface area contributed by atoms with Gasteiger partial charge in [0.15, 0.2) is 0 Å². The van der Waals surface area contributed by atoms with Gasteiger partial charge in [-0.3, -0.25) is 19.2 Å². The van der Waals surface area contributed by atoms with Crippen LogP contribution in [0.3, 0.4) is 0 Å². The van der Waals surface area contributed by atoms with E-state index in [1.165, 1.54) is 36.5 Å². The Morgan fingerprint density at radius 1 is 0.915 bits per heavy atom. The lowest BCUT2D eigenvalue weighted by molar-refractivity contribution is -0.143. The number of hydrogen-bond acceptors (Lipinski definition) is 5. The minimum atomic E-state index is -1.05. The molecule has 4 bridgehead atoms. The number of hydrogen-bond donors (Lipinski definition) is 4. The molecule has 1 aliphatic heterocycles. The SMILES string of the molecule is C=CCCC(NC(=O)[C@@H]1CCCN1C(=O)[C@@H](NC(=O)NC12CC3CC(CC(C3)C1)C2)C1Cc2ccccc2C1)C(=O)C(=O)NCC=C. The number of rotatable bonds is 13. The van der Waals surface area contributed by atoms with Crippen LogP contribution in [-0.4, -0.2) is 71.2 Å². The van der Waals surface area contributed by atoms with E-state index in [0.29, 0.717) is 56.4 Å². The number of amides is 5. The summed E-state index contributed by atoms with van der Waals surface area (Å²) in [6.45, 7) is 7.76. The molecule has 0 spiro atoms. The molecule has 5 amide bonds. The number of allylic oxidation sites excluding steroid dienone is 1. The Hall–Kier alpha value is -3.95. The van der Waals surface area contributed by atoms with Gasteiger partial charge in [0.2, 0.25) is 17.6 Å². The van der Waals surface area contributed by atoms with Crippen molar-refractivity contribution in [2.45, 2.75) is 101 Å². The highest BCUT2D eigenvalue weighted by Crippen LogP contribution is 2.55. The normalized spacial score (nSPS) is 28.6. The number of ketones is 1. The summed E-state index contributed by atoms with van der Waals surface area (Å²) in [4.78, 5) is 69.0. The van der Waals surface area contributed by atoms with Crippen molar-refractivity contribution in [3.8, 4) is 0 Å². The van der Waals surface area contributed by atoms with Crippen molar-refractivity contribution in [2.75, 3.05) is 13.1 Å². The third kappa shape index (κ3) is 7.16. The third-order valence-corrected chi connectivity index (χ3v) is 11.3. The second-order valence-corrected chi connectivity index (χ2v) is 14.7. The topological polar surface area (TPSA) is 137 Å². The van der Waals surface area contributed by atoms with Gasteiger partial charge >= 0.3 is 6.03 Å². The van der Waals surface area contributed by atoms with Crippen molar-refractivity contribution in [3.63, 3.8) is 0 Å². The highest BCUT2D eigenvalue weighted by molar-refractivity contribution is 6.38. The minimum Gasteiger partial charge on any atom is -0.346 e. The number of benzene rings is 1. The average Bonchev–Trinajstić information content (AvgIpc) is 3.71. The van der Waals surface area contributed by atoms with Crippen LogP contribution in [0.25, 0.3) is 0 Å². The third-order valence-electron chi connectivity index (χ3n) is 11.3. The fraction of sp³-hybridized carbons (Fsp3) is 0.595. The Bertz CT molecular complexity index is 1360. The molecule has 0 aromatic heterocycles. The van der Waals surface area contributed by atoms with Gasteiger partial charge in [0, 0.05) is 18.6 Å². The maximum Gasteiger partial charge on any atom is 0.315 e. The number of urea groups is 1. The Labute approximate surface area is 277 Å². The molecule has 5 fully saturated rings. The van der Waals surface area contributed by atoms with Gasteiger partial charge in [-0.15, -0.1) is 13.2 Å².